The summed E-state index contributed by atoms with van der Waals surface area (Å²) < 4.78 is 2.09. The van der Waals surface area contributed by atoms with Gasteiger partial charge in [0.25, 0.3) is 0 Å². The van der Waals surface area contributed by atoms with Crippen molar-refractivity contribution >= 4 is 28.3 Å². The van der Waals surface area contributed by atoms with Crippen molar-refractivity contribution in [3.05, 3.63) is 52.0 Å². The highest BCUT2D eigenvalue weighted by atomic mass is 32.1. The Labute approximate surface area is 120 Å². The Morgan fingerprint density at radius 1 is 1.40 bits per heavy atom. The van der Waals surface area contributed by atoms with Crippen LogP contribution in [0.15, 0.2) is 35.7 Å². The first kappa shape index (κ1) is 12.9. The average Bonchev–Trinajstić information content (AvgIpc) is 3.03. The highest BCUT2D eigenvalue weighted by Gasteiger charge is 2.17. The Hall–Kier alpha value is -2.14. The monoisotopic (exact) mass is 286 g/mol. The van der Waals surface area contributed by atoms with Gasteiger partial charge in [0.15, 0.2) is 0 Å². The minimum absolute atomic E-state index is 0.143. The van der Waals surface area contributed by atoms with Gasteiger partial charge in [-0.2, -0.15) is 0 Å². The highest BCUT2D eigenvalue weighted by molar-refractivity contribution is 7.10. The summed E-state index contributed by atoms with van der Waals surface area (Å²) in [5.74, 6) is -0.0236. The van der Waals surface area contributed by atoms with Crippen LogP contribution < -0.4 is 0 Å². The zero-order valence-electron chi connectivity index (χ0n) is 11.2. The molecule has 0 aliphatic carbocycles. The quantitative estimate of drug-likeness (QED) is 0.798. The molecule has 3 rings (SSSR count). The number of hydrogen-bond donors (Lipinski definition) is 1. The fourth-order valence-corrected chi connectivity index (χ4v) is 3.27. The number of rotatable bonds is 3. The summed E-state index contributed by atoms with van der Waals surface area (Å²) >= 11 is 1.69. The molecule has 2 aromatic heterocycles. The Kier molecular flexibility index (Phi) is 3.06. The first-order valence-corrected chi connectivity index (χ1v) is 7.21. The van der Waals surface area contributed by atoms with E-state index in [1.54, 1.807) is 29.5 Å². The summed E-state index contributed by atoms with van der Waals surface area (Å²) in [5, 5.41) is 11.2. The molecule has 0 amide bonds. The molecule has 102 valence electrons. The number of nitrogens with zero attached hydrogens (tertiary/aromatic N) is 2. The molecular formula is C15H14N2O2S. The van der Waals surface area contributed by atoms with Crippen molar-refractivity contribution in [2.45, 2.75) is 19.9 Å². The Balaban J connectivity index is 2.21. The molecule has 0 bridgehead atoms. The van der Waals surface area contributed by atoms with Gasteiger partial charge >= 0.3 is 5.97 Å². The van der Waals surface area contributed by atoms with E-state index in [0.29, 0.717) is 0 Å². The average molecular weight is 286 g/mol. The summed E-state index contributed by atoms with van der Waals surface area (Å²) in [6, 6.07) is 9.31. The maximum Gasteiger partial charge on any atom is 0.335 e. The fourth-order valence-electron chi connectivity index (χ4n) is 2.49. The first-order valence-electron chi connectivity index (χ1n) is 6.33. The van der Waals surface area contributed by atoms with Gasteiger partial charge in [-0.15, -0.1) is 11.3 Å². The van der Waals surface area contributed by atoms with Crippen LogP contribution in [0.5, 0.6) is 0 Å². The van der Waals surface area contributed by atoms with Crippen molar-refractivity contribution in [1.29, 1.82) is 0 Å². The smallest absolute Gasteiger partial charge is 0.335 e. The van der Waals surface area contributed by atoms with Crippen LogP contribution in [0.3, 0.4) is 0 Å². The van der Waals surface area contributed by atoms with Crippen molar-refractivity contribution in [1.82, 2.24) is 9.55 Å². The Morgan fingerprint density at radius 2 is 2.20 bits per heavy atom. The van der Waals surface area contributed by atoms with Crippen molar-refractivity contribution in [2.24, 2.45) is 0 Å². The molecular weight excluding hydrogens is 272 g/mol. The van der Waals surface area contributed by atoms with E-state index in [2.05, 4.69) is 22.5 Å². The fraction of sp³-hybridized carbons (Fsp3) is 0.200. The number of benzene rings is 1. The molecule has 3 aromatic rings. The molecule has 5 heteroatoms. The second-order valence-corrected chi connectivity index (χ2v) is 5.71. The third-order valence-electron chi connectivity index (χ3n) is 3.46. The van der Waals surface area contributed by atoms with Gasteiger partial charge in [-0.3, -0.25) is 0 Å². The lowest BCUT2D eigenvalue weighted by Crippen LogP contribution is -2.07. The lowest BCUT2D eigenvalue weighted by molar-refractivity contribution is 0.0697. The van der Waals surface area contributed by atoms with Crippen LogP contribution in [-0.4, -0.2) is 20.6 Å². The van der Waals surface area contributed by atoms with Gasteiger partial charge in [-0.05, 0) is 43.5 Å². The molecule has 0 spiro atoms. The number of aryl methyl sites for hydroxylation is 1. The van der Waals surface area contributed by atoms with Crippen molar-refractivity contribution in [3.63, 3.8) is 0 Å². The second kappa shape index (κ2) is 4.76. The van der Waals surface area contributed by atoms with Crippen LogP contribution >= 0.6 is 11.3 Å². The molecule has 20 heavy (non-hydrogen) atoms. The zero-order valence-corrected chi connectivity index (χ0v) is 12.0. The van der Waals surface area contributed by atoms with Gasteiger partial charge in [0.2, 0.25) is 0 Å². The summed E-state index contributed by atoms with van der Waals surface area (Å²) in [6.45, 7) is 4.05. The first-order chi connectivity index (χ1) is 9.58. The largest absolute Gasteiger partial charge is 0.478 e. The normalized spacial score (nSPS) is 12.7. The predicted molar refractivity (Wildman–Crippen MR) is 79.6 cm³/mol. The van der Waals surface area contributed by atoms with E-state index in [0.717, 1.165) is 16.9 Å². The van der Waals surface area contributed by atoms with Gasteiger partial charge in [-0.25, -0.2) is 9.78 Å². The predicted octanol–water partition coefficient (Wildman–Crippen LogP) is 3.71. The van der Waals surface area contributed by atoms with E-state index in [9.17, 15) is 4.79 Å². The summed E-state index contributed by atoms with van der Waals surface area (Å²) in [5.41, 5.74) is 1.98. The topological polar surface area (TPSA) is 55.1 Å². The Bertz CT molecular complexity index is 775. The maximum atomic E-state index is 11.1. The van der Waals surface area contributed by atoms with E-state index < -0.39 is 5.97 Å². The molecule has 2 heterocycles. The summed E-state index contributed by atoms with van der Waals surface area (Å²) in [6.07, 6.45) is 0. The standard InChI is InChI=1S/C15H14N2O2S/c1-9(14-4-3-7-20-14)17-10(2)16-12-6-5-11(15(18)19)8-13(12)17/h3-9H,1-2H3,(H,18,19). The number of aromatic nitrogens is 2. The number of imidazole rings is 1. The van der Waals surface area contributed by atoms with Crippen molar-refractivity contribution < 1.29 is 9.90 Å². The number of carboxylic acids is 1. The summed E-state index contributed by atoms with van der Waals surface area (Å²) in [4.78, 5) is 16.9. The van der Waals surface area contributed by atoms with Crippen molar-refractivity contribution in [3.8, 4) is 0 Å². The van der Waals surface area contributed by atoms with Gasteiger partial charge < -0.3 is 9.67 Å². The van der Waals surface area contributed by atoms with E-state index in [4.69, 9.17) is 5.11 Å². The SMILES string of the molecule is Cc1nc2ccc(C(=O)O)cc2n1C(C)c1cccs1. The third-order valence-corrected chi connectivity index (χ3v) is 4.50. The summed E-state index contributed by atoms with van der Waals surface area (Å²) in [7, 11) is 0. The van der Waals surface area contributed by atoms with Crippen LogP contribution in [0.1, 0.15) is 34.0 Å². The van der Waals surface area contributed by atoms with Gasteiger partial charge in [-0.1, -0.05) is 6.07 Å². The molecule has 0 fully saturated rings. The minimum Gasteiger partial charge on any atom is -0.478 e. The Morgan fingerprint density at radius 3 is 2.85 bits per heavy atom. The van der Waals surface area contributed by atoms with E-state index in [1.807, 2.05) is 18.4 Å². The molecule has 0 saturated carbocycles. The van der Waals surface area contributed by atoms with Crippen LogP contribution in [0.4, 0.5) is 0 Å². The number of thiophene rings is 1. The molecule has 0 radical (unpaired) electrons. The minimum atomic E-state index is -0.916. The third kappa shape index (κ3) is 2.00. The highest BCUT2D eigenvalue weighted by Crippen LogP contribution is 2.28. The van der Waals surface area contributed by atoms with Gasteiger partial charge in [0.1, 0.15) is 5.82 Å². The van der Waals surface area contributed by atoms with Crippen LogP contribution in [0.25, 0.3) is 11.0 Å². The lowest BCUT2D eigenvalue weighted by Gasteiger charge is -2.15. The van der Waals surface area contributed by atoms with E-state index >= 15 is 0 Å². The molecule has 0 aliphatic rings. The van der Waals surface area contributed by atoms with E-state index in [-0.39, 0.29) is 11.6 Å². The molecule has 1 unspecified atom stereocenters. The van der Waals surface area contributed by atoms with Gasteiger partial charge in [0, 0.05) is 4.88 Å². The van der Waals surface area contributed by atoms with Crippen molar-refractivity contribution in [2.75, 3.05) is 0 Å². The van der Waals surface area contributed by atoms with Crippen LogP contribution in [-0.2, 0) is 0 Å². The van der Waals surface area contributed by atoms with Crippen LogP contribution in [0, 0.1) is 6.92 Å². The number of carboxylic acid groups (broad SMARTS) is 1. The molecule has 0 aliphatic heterocycles. The molecule has 0 saturated heterocycles. The number of hydrogen-bond acceptors (Lipinski definition) is 3. The zero-order chi connectivity index (χ0) is 14.3. The number of aromatic carboxylic acids is 1. The second-order valence-electron chi connectivity index (χ2n) is 4.73. The maximum absolute atomic E-state index is 11.1. The molecule has 1 atom stereocenters. The molecule has 1 N–H and O–H groups in total. The number of fused-ring (bicyclic) bond motifs is 1. The van der Waals surface area contributed by atoms with Crippen LogP contribution in [0.2, 0.25) is 0 Å². The lowest BCUT2D eigenvalue weighted by atomic mass is 10.2. The molecule has 4 nitrogen and oxygen atoms in total. The molecule has 1 aromatic carbocycles. The van der Waals surface area contributed by atoms with Gasteiger partial charge in [0.05, 0.1) is 22.6 Å². The number of carbonyl (C=O) groups is 1. The van der Waals surface area contributed by atoms with E-state index in [1.165, 1.54) is 4.88 Å².